The Kier molecular flexibility index (Phi) is 7.92. The van der Waals surface area contributed by atoms with E-state index in [0.717, 1.165) is 24.3 Å². The number of nitro groups is 1. The second-order valence-electron chi connectivity index (χ2n) is 7.14. The smallest absolute Gasteiger partial charge is 0.416 e. The molecule has 0 aliphatic carbocycles. The second-order valence-corrected chi connectivity index (χ2v) is 7.14. The van der Waals surface area contributed by atoms with Gasteiger partial charge in [-0.2, -0.15) is 13.2 Å². The van der Waals surface area contributed by atoms with E-state index in [9.17, 15) is 38.3 Å². The largest absolute Gasteiger partial charge is 0.504 e. The van der Waals surface area contributed by atoms with Gasteiger partial charge in [-0.3, -0.25) is 19.8 Å². The van der Waals surface area contributed by atoms with Crippen LogP contribution in [0.1, 0.15) is 22.3 Å². The quantitative estimate of drug-likeness (QED) is 0.283. The third-order valence-electron chi connectivity index (χ3n) is 5.18. The Balaban J connectivity index is 0.00000363. The molecule has 32 heavy (non-hydrogen) atoms. The maximum Gasteiger partial charge on any atom is 0.416 e. The van der Waals surface area contributed by atoms with E-state index in [4.69, 9.17) is 0 Å². The predicted molar refractivity (Wildman–Crippen MR) is 113 cm³/mol. The van der Waals surface area contributed by atoms with Crippen molar-refractivity contribution in [2.24, 2.45) is 0 Å². The number of carbonyl (C=O) groups is 1. The number of carbonyl (C=O) groups excluding carboxylic acids is 1. The highest BCUT2D eigenvalue weighted by molar-refractivity contribution is 6.01. The van der Waals surface area contributed by atoms with Gasteiger partial charge in [0.15, 0.2) is 11.5 Å². The maximum absolute atomic E-state index is 12.9. The Hall–Kier alpha value is -3.05. The van der Waals surface area contributed by atoms with Gasteiger partial charge in [-0.1, -0.05) is 6.07 Å². The van der Waals surface area contributed by atoms with E-state index in [-0.39, 0.29) is 24.4 Å². The zero-order chi connectivity index (χ0) is 22.8. The summed E-state index contributed by atoms with van der Waals surface area (Å²) in [5, 5.41) is 30.3. The molecule has 3 rings (SSSR count). The fourth-order valence-electron chi connectivity index (χ4n) is 3.48. The molecular formula is C20H21ClF3N3O5. The molecular weight excluding hydrogens is 455 g/mol. The normalized spacial score (nSPS) is 14.7. The molecule has 0 amide bonds. The highest BCUT2D eigenvalue weighted by Gasteiger charge is 2.31. The summed E-state index contributed by atoms with van der Waals surface area (Å²) in [6.07, 6.45) is -4.46. The van der Waals surface area contributed by atoms with E-state index in [1.54, 1.807) is 6.07 Å². The highest BCUT2D eigenvalue weighted by atomic mass is 35.5. The minimum absolute atomic E-state index is 0. The number of hydrogen-bond acceptors (Lipinski definition) is 7. The number of Topliss-reactive ketones (excluding diaryl/α,β-unsaturated/α-hetero) is 1. The number of phenols is 2. The average Bonchev–Trinajstić information content (AvgIpc) is 2.73. The molecule has 0 saturated carbocycles. The van der Waals surface area contributed by atoms with Gasteiger partial charge in [0, 0.05) is 44.8 Å². The van der Waals surface area contributed by atoms with Crippen molar-refractivity contribution in [3.8, 4) is 11.5 Å². The molecule has 0 aromatic heterocycles. The summed E-state index contributed by atoms with van der Waals surface area (Å²) in [4.78, 5) is 26.5. The number of benzene rings is 2. The van der Waals surface area contributed by atoms with Crippen LogP contribution in [0.2, 0.25) is 0 Å². The Bertz CT molecular complexity index is 995. The number of aromatic hydroxyl groups is 2. The number of nitrogens with zero attached hydrogens (tertiary/aromatic N) is 3. The van der Waals surface area contributed by atoms with E-state index in [1.807, 2.05) is 9.80 Å². The van der Waals surface area contributed by atoms with Gasteiger partial charge >= 0.3 is 11.9 Å². The van der Waals surface area contributed by atoms with Crippen molar-refractivity contribution in [2.75, 3.05) is 37.6 Å². The Morgan fingerprint density at radius 1 is 1.09 bits per heavy atom. The Labute approximate surface area is 187 Å². The summed E-state index contributed by atoms with van der Waals surface area (Å²) < 4.78 is 38.7. The molecule has 0 bridgehead atoms. The topological polar surface area (TPSA) is 107 Å². The first-order valence-corrected chi connectivity index (χ1v) is 9.45. The first-order chi connectivity index (χ1) is 14.6. The standard InChI is InChI=1S/C20H20F3N3O5.ClH/c21-20(22,23)13-2-1-3-14(12-13)25-10-8-24(9-11-25)7-6-16(27)15-4-5-17(28)19(29)18(15)26(30)31;/h1-5,12,28-29H,6-11H2;1H. The lowest BCUT2D eigenvalue weighted by molar-refractivity contribution is -0.386. The summed E-state index contributed by atoms with van der Waals surface area (Å²) in [7, 11) is 0. The molecule has 8 nitrogen and oxygen atoms in total. The molecule has 12 heteroatoms. The van der Waals surface area contributed by atoms with Gasteiger partial charge in [0.2, 0.25) is 5.75 Å². The number of hydrogen-bond donors (Lipinski definition) is 2. The van der Waals surface area contributed by atoms with Crippen molar-refractivity contribution in [1.29, 1.82) is 0 Å². The van der Waals surface area contributed by atoms with E-state index in [1.165, 1.54) is 6.07 Å². The SMILES string of the molecule is Cl.O=C(CCN1CCN(c2cccc(C(F)(F)F)c2)CC1)c1ccc(O)c(O)c1[N+](=O)[O-]. The van der Waals surface area contributed by atoms with Gasteiger partial charge in [0.25, 0.3) is 0 Å². The fourth-order valence-corrected chi connectivity index (χ4v) is 3.48. The number of halogens is 4. The van der Waals surface area contributed by atoms with Crippen LogP contribution in [0.3, 0.4) is 0 Å². The van der Waals surface area contributed by atoms with Crippen molar-refractivity contribution in [3.63, 3.8) is 0 Å². The molecule has 1 aliphatic rings. The van der Waals surface area contributed by atoms with Gasteiger partial charge in [0.1, 0.15) is 0 Å². The molecule has 2 N–H and O–H groups in total. The molecule has 0 radical (unpaired) electrons. The summed E-state index contributed by atoms with van der Waals surface area (Å²) >= 11 is 0. The van der Waals surface area contributed by atoms with Gasteiger partial charge in [-0.05, 0) is 30.3 Å². The molecule has 0 spiro atoms. The van der Waals surface area contributed by atoms with E-state index in [2.05, 4.69) is 0 Å². The highest BCUT2D eigenvalue weighted by Crippen LogP contribution is 2.38. The molecule has 2 aromatic carbocycles. The zero-order valence-electron chi connectivity index (χ0n) is 16.7. The Morgan fingerprint density at radius 3 is 2.34 bits per heavy atom. The summed E-state index contributed by atoms with van der Waals surface area (Å²) in [6, 6.07) is 7.22. The van der Waals surface area contributed by atoms with Crippen molar-refractivity contribution in [3.05, 3.63) is 57.6 Å². The Morgan fingerprint density at radius 2 is 1.75 bits per heavy atom. The van der Waals surface area contributed by atoms with Crippen LogP contribution in [0.4, 0.5) is 24.5 Å². The van der Waals surface area contributed by atoms with Crippen molar-refractivity contribution < 1.29 is 33.1 Å². The molecule has 1 fully saturated rings. The molecule has 174 valence electrons. The van der Waals surface area contributed by atoms with Crippen LogP contribution < -0.4 is 4.90 Å². The van der Waals surface area contributed by atoms with Crippen LogP contribution in [0.25, 0.3) is 0 Å². The van der Waals surface area contributed by atoms with Gasteiger partial charge in [-0.25, -0.2) is 0 Å². The molecule has 2 aromatic rings. The lowest BCUT2D eigenvalue weighted by Gasteiger charge is -2.36. The van der Waals surface area contributed by atoms with Crippen LogP contribution in [0, 0.1) is 10.1 Å². The summed E-state index contributed by atoms with van der Waals surface area (Å²) in [5.74, 6) is -2.19. The predicted octanol–water partition coefficient (Wildman–Crippen LogP) is 3.84. The number of nitro benzene ring substituents is 1. The maximum atomic E-state index is 12.9. The van der Waals surface area contributed by atoms with Crippen molar-refractivity contribution in [2.45, 2.75) is 12.6 Å². The lowest BCUT2D eigenvalue weighted by Crippen LogP contribution is -2.47. The monoisotopic (exact) mass is 475 g/mol. The van der Waals surface area contributed by atoms with E-state index in [0.29, 0.717) is 38.4 Å². The third kappa shape index (κ3) is 5.60. The van der Waals surface area contributed by atoms with Crippen LogP contribution in [-0.2, 0) is 6.18 Å². The number of ketones is 1. The van der Waals surface area contributed by atoms with Gasteiger partial charge in [0.05, 0.1) is 16.1 Å². The van der Waals surface area contributed by atoms with E-state index < -0.39 is 39.6 Å². The molecule has 0 unspecified atom stereocenters. The number of alkyl halides is 3. The van der Waals surface area contributed by atoms with Gasteiger partial charge in [-0.15, -0.1) is 12.4 Å². The molecule has 1 aliphatic heterocycles. The molecule has 1 heterocycles. The second kappa shape index (κ2) is 10.0. The van der Waals surface area contributed by atoms with Crippen LogP contribution >= 0.6 is 12.4 Å². The number of piperazine rings is 1. The number of phenolic OH excluding ortho intramolecular Hbond substituents is 2. The number of rotatable bonds is 6. The summed E-state index contributed by atoms with van der Waals surface area (Å²) in [5.41, 5.74) is -1.36. The minimum Gasteiger partial charge on any atom is -0.504 e. The van der Waals surface area contributed by atoms with Crippen LogP contribution in [-0.4, -0.2) is 58.5 Å². The first kappa shape index (κ1) is 25.2. The van der Waals surface area contributed by atoms with Crippen molar-refractivity contribution >= 4 is 29.6 Å². The lowest BCUT2D eigenvalue weighted by atomic mass is 10.0. The fraction of sp³-hybridized carbons (Fsp3) is 0.350. The van der Waals surface area contributed by atoms with E-state index >= 15 is 0 Å². The average molecular weight is 476 g/mol. The van der Waals surface area contributed by atoms with Crippen LogP contribution in [0.5, 0.6) is 11.5 Å². The molecule has 0 atom stereocenters. The zero-order valence-corrected chi connectivity index (χ0v) is 17.5. The van der Waals surface area contributed by atoms with Crippen LogP contribution in [0.15, 0.2) is 36.4 Å². The minimum atomic E-state index is -4.41. The first-order valence-electron chi connectivity index (χ1n) is 9.45. The number of anilines is 1. The summed E-state index contributed by atoms with van der Waals surface area (Å²) in [6.45, 7) is 2.25. The molecule has 1 saturated heterocycles. The van der Waals surface area contributed by atoms with Gasteiger partial charge < -0.3 is 15.1 Å². The van der Waals surface area contributed by atoms with Crippen molar-refractivity contribution in [1.82, 2.24) is 4.90 Å². The third-order valence-corrected chi connectivity index (χ3v) is 5.18.